The molecule has 0 amide bonds. The fourth-order valence-electron chi connectivity index (χ4n) is 4.82. The topological polar surface area (TPSA) is 27.3 Å². The number of anilines is 1. The van der Waals surface area contributed by atoms with Crippen molar-refractivity contribution in [2.24, 2.45) is 0 Å². The van der Waals surface area contributed by atoms with Gasteiger partial charge in [-0.25, -0.2) is 0 Å². The molecule has 0 saturated carbocycles. The van der Waals surface area contributed by atoms with Gasteiger partial charge < -0.3 is 10.6 Å². The summed E-state index contributed by atoms with van der Waals surface area (Å²) in [6.45, 7) is 5.34. The summed E-state index contributed by atoms with van der Waals surface area (Å²) in [7, 11) is 0. The van der Waals surface area contributed by atoms with Crippen molar-refractivity contribution in [2.45, 2.75) is 70.6 Å². The van der Waals surface area contributed by atoms with Crippen LogP contribution in [0.25, 0.3) is 0 Å². The van der Waals surface area contributed by atoms with E-state index in [1.165, 1.54) is 48.8 Å². The van der Waals surface area contributed by atoms with Crippen LogP contribution in [0, 0.1) is 13.8 Å². The van der Waals surface area contributed by atoms with Crippen LogP contribution >= 0.6 is 12.2 Å². The molecule has 0 unspecified atom stereocenters. The van der Waals surface area contributed by atoms with E-state index in [4.69, 9.17) is 12.2 Å². The van der Waals surface area contributed by atoms with Crippen LogP contribution in [0.5, 0.6) is 0 Å². The molecule has 0 spiro atoms. The Kier molecular flexibility index (Phi) is 5.98. The van der Waals surface area contributed by atoms with E-state index >= 15 is 0 Å². The first-order chi connectivity index (χ1) is 13.6. The number of para-hydroxylation sites is 1. The van der Waals surface area contributed by atoms with Gasteiger partial charge in [-0.1, -0.05) is 54.4 Å². The number of aryl methyl sites for hydroxylation is 2. The first-order valence-electron chi connectivity index (χ1n) is 10.5. The lowest BCUT2D eigenvalue weighted by molar-refractivity contribution is 0.0212. The van der Waals surface area contributed by atoms with Gasteiger partial charge in [0, 0.05) is 30.4 Å². The number of benzene rings is 2. The average molecular weight is 394 g/mol. The number of piperidine rings is 2. The van der Waals surface area contributed by atoms with Crippen molar-refractivity contribution >= 4 is 23.0 Å². The lowest BCUT2D eigenvalue weighted by Crippen LogP contribution is -2.56. The molecule has 4 rings (SSSR count). The molecule has 2 fully saturated rings. The number of hydrogen-bond donors (Lipinski definition) is 2. The van der Waals surface area contributed by atoms with Crippen LogP contribution in [-0.4, -0.2) is 28.1 Å². The maximum Gasteiger partial charge on any atom is 0.171 e. The molecule has 2 aliphatic rings. The first-order valence-corrected chi connectivity index (χ1v) is 10.9. The minimum atomic E-state index is 0.466. The first kappa shape index (κ1) is 19.4. The van der Waals surface area contributed by atoms with E-state index < -0.39 is 0 Å². The molecule has 2 bridgehead atoms. The summed E-state index contributed by atoms with van der Waals surface area (Å²) >= 11 is 5.62. The predicted octanol–water partition coefficient (Wildman–Crippen LogP) is 5.18. The van der Waals surface area contributed by atoms with Crippen molar-refractivity contribution in [1.29, 1.82) is 0 Å². The van der Waals surface area contributed by atoms with Crippen molar-refractivity contribution < 1.29 is 0 Å². The summed E-state index contributed by atoms with van der Waals surface area (Å²) in [6.07, 6.45) is 6.32. The highest BCUT2D eigenvalue weighted by Gasteiger charge is 2.38. The number of thiocarbonyl (C=S) groups is 1. The van der Waals surface area contributed by atoms with Crippen LogP contribution in [0.2, 0.25) is 0 Å². The minimum absolute atomic E-state index is 0.466. The number of nitrogens with one attached hydrogen (secondary N) is 2. The SMILES string of the molecule is Cc1ccc(CN2[C@H]3CCC[C@H]2CC(NC(=S)Nc2ccccc2C)C3)cc1. The van der Waals surface area contributed by atoms with E-state index in [-0.39, 0.29) is 0 Å². The quantitative estimate of drug-likeness (QED) is 0.700. The summed E-state index contributed by atoms with van der Waals surface area (Å²) in [6, 6.07) is 19.1. The molecule has 0 aromatic heterocycles. The standard InChI is InChI=1S/C24H31N3S/c1-17-10-12-19(13-11-17)16-27-21-7-5-8-22(27)15-20(14-21)25-24(28)26-23-9-4-3-6-18(23)2/h3-4,6,9-13,20-22H,5,7-8,14-16H2,1-2H3,(H2,25,26,28)/t21-,22-/m0/s1. The maximum absolute atomic E-state index is 5.62. The smallest absolute Gasteiger partial charge is 0.171 e. The van der Waals surface area contributed by atoms with Crippen LogP contribution in [-0.2, 0) is 6.54 Å². The summed E-state index contributed by atoms with van der Waals surface area (Å²) < 4.78 is 0. The molecular formula is C24H31N3S. The second kappa shape index (κ2) is 8.62. The highest BCUT2D eigenvalue weighted by Crippen LogP contribution is 2.35. The van der Waals surface area contributed by atoms with E-state index in [2.05, 4.69) is 71.8 Å². The zero-order chi connectivity index (χ0) is 19.5. The van der Waals surface area contributed by atoms with Crippen LogP contribution < -0.4 is 10.6 Å². The molecule has 2 heterocycles. The predicted molar refractivity (Wildman–Crippen MR) is 122 cm³/mol. The van der Waals surface area contributed by atoms with Crippen LogP contribution in [0.1, 0.15) is 48.8 Å². The van der Waals surface area contributed by atoms with E-state index in [0.717, 1.165) is 17.3 Å². The second-order valence-electron chi connectivity index (χ2n) is 8.48. The fourth-order valence-corrected chi connectivity index (χ4v) is 5.09. The molecule has 2 aromatic carbocycles. The zero-order valence-corrected chi connectivity index (χ0v) is 17.8. The Morgan fingerprint density at radius 3 is 2.36 bits per heavy atom. The monoisotopic (exact) mass is 393 g/mol. The highest BCUT2D eigenvalue weighted by atomic mass is 32.1. The highest BCUT2D eigenvalue weighted by molar-refractivity contribution is 7.80. The van der Waals surface area contributed by atoms with Gasteiger partial charge in [-0.2, -0.15) is 0 Å². The largest absolute Gasteiger partial charge is 0.360 e. The Bertz CT molecular complexity index is 803. The van der Waals surface area contributed by atoms with E-state index in [1.54, 1.807) is 0 Å². The lowest BCUT2D eigenvalue weighted by Gasteiger charge is -2.49. The van der Waals surface area contributed by atoms with Gasteiger partial charge in [0.2, 0.25) is 0 Å². The van der Waals surface area contributed by atoms with Crippen molar-refractivity contribution in [3.8, 4) is 0 Å². The third-order valence-electron chi connectivity index (χ3n) is 6.34. The van der Waals surface area contributed by atoms with Crippen molar-refractivity contribution in [1.82, 2.24) is 10.2 Å². The fraction of sp³-hybridized carbons (Fsp3) is 0.458. The summed E-state index contributed by atoms with van der Waals surface area (Å²) in [5.41, 5.74) is 5.08. The zero-order valence-electron chi connectivity index (χ0n) is 16.9. The number of hydrogen-bond acceptors (Lipinski definition) is 2. The number of nitrogens with zero attached hydrogens (tertiary/aromatic N) is 1. The molecule has 2 aliphatic heterocycles. The molecule has 0 aliphatic carbocycles. The van der Waals surface area contributed by atoms with Crippen LogP contribution in [0.4, 0.5) is 5.69 Å². The Balaban J connectivity index is 1.37. The second-order valence-corrected chi connectivity index (χ2v) is 8.89. The lowest BCUT2D eigenvalue weighted by atomic mass is 9.81. The van der Waals surface area contributed by atoms with Crippen molar-refractivity contribution in [2.75, 3.05) is 5.32 Å². The van der Waals surface area contributed by atoms with Gasteiger partial charge in [-0.05, 0) is 68.9 Å². The number of fused-ring (bicyclic) bond motifs is 2. The normalized spacial score (nSPS) is 24.6. The Hall–Kier alpha value is -1.91. The van der Waals surface area contributed by atoms with Gasteiger partial charge in [-0.15, -0.1) is 0 Å². The van der Waals surface area contributed by atoms with Gasteiger partial charge in [0.25, 0.3) is 0 Å². The van der Waals surface area contributed by atoms with Crippen LogP contribution in [0.15, 0.2) is 48.5 Å². The molecular weight excluding hydrogens is 362 g/mol. The Labute approximate surface area is 174 Å². The molecule has 0 radical (unpaired) electrons. The molecule has 2 aromatic rings. The Morgan fingerprint density at radius 2 is 1.68 bits per heavy atom. The average Bonchev–Trinajstić information content (AvgIpc) is 2.66. The molecule has 2 atom stereocenters. The molecule has 4 heteroatoms. The van der Waals surface area contributed by atoms with Gasteiger partial charge >= 0.3 is 0 Å². The summed E-state index contributed by atoms with van der Waals surface area (Å²) in [5, 5.41) is 7.75. The van der Waals surface area contributed by atoms with Crippen LogP contribution in [0.3, 0.4) is 0 Å². The van der Waals surface area contributed by atoms with Gasteiger partial charge in [0.1, 0.15) is 0 Å². The number of rotatable bonds is 4. The van der Waals surface area contributed by atoms with E-state index in [1.807, 2.05) is 6.07 Å². The molecule has 2 saturated heterocycles. The minimum Gasteiger partial charge on any atom is -0.360 e. The van der Waals surface area contributed by atoms with Crippen molar-refractivity contribution in [3.05, 3.63) is 65.2 Å². The van der Waals surface area contributed by atoms with Gasteiger partial charge in [-0.3, -0.25) is 4.90 Å². The molecule has 28 heavy (non-hydrogen) atoms. The maximum atomic E-state index is 5.62. The third kappa shape index (κ3) is 4.56. The van der Waals surface area contributed by atoms with E-state index in [9.17, 15) is 0 Å². The van der Waals surface area contributed by atoms with Gasteiger partial charge in [0.15, 0.2) is 5.11 Å². The summed E-state index contributed by atoms with van der Waals surface area (Å²) in [4.78, 5) is 2.75. The summed E-state index contributed by atoms with van der Waals surface area (Å²) in [5.74, 6) is 0. The van der Waals surface area contributed by atoms with Crippen molar-refractivity contribution in [3.63, 3.8) is 0 Å². The molecule has 2 N–H and O–H groups in total. The molecule has 3 nitrogen and oxygen atoms in total. The van der Waals surface area contributed by atoms with Gasteiger partial charge in [0.05, 0.1) is 0 Å². The van der Waals surface area contributed by atoms with E-state index in [0.29, 0.717) is 18.1 Å². The third-order valence-corrected chi connectivity index (χ3v) is 6.56. The Morgan fingerprint density at radius 1 is 1.00 bits per heavy atom. The molecule has 148 valence electrons.